The Balaban J connectivity index is 3.20. The van der Waals surface area contributed by atoms with Crippen LogP contribution in [0.25, 0.3) is 0 Å². The summed E-state index contributed by atoms with van der Waals surface area (Å²) in [7, 11) is 0. The molecule has 2 N–H and O–H groups in total. The maximum atomic E-state index is 13.4. The highest BCUT2D eigenvalue weighted by atomic mass is 79.9. The number of nitrogens with two attached hydrogens (primary N) is 1. The third kappa shape index (κ3) is 3.33. The molecule has 94 valence electrons. The quantitative estimate of drug-likeness (QED) is 0.486. The Bertz CT molecular complexity index is 472. The largest absolute Gasteiger partial charge is 0.456 e. The van der Waals surface area contributed by atoms with Crippen molar-refractivity contribution >= 4 is 39.2 Å². The SMILES string of the molecule is CC(C)(C)OC(=O)c1cc(F)c(Br)c(N)c1Cl. The lowest BCUT2D eigenvalue weighted by atomic mass is 10.1. The summed E-state index contributed by atoms with van der Waals surface area (Å²) in [5.74, 6) is -1.37. The van der Waals surface area contributed by atoms with Crippen LogP contribution < -0.4 is 5.73 Å². The Morgan fingerprint density at radius 1 is 1.53 bits per heavy atom. The topological polar surface area (TPSA) is 52.3 Å². The van der Waals surface area contributed by atoms with Crippen molar-refractivity contribution < 1.29 is 13.9 Å². The zero-order valence-corrected chi connectivity index (χ0v) is 11.9. The number of carbonyl (C=O) groups is 1. The summed E-state index contributed by atoms with van der Waals surface area (Å²) in [4.78, 5) is 11.8. The molecule has 0 radical (unpaired) electrons. The molecule has 0 spiro atoms. The van der Waals surface area contributed by atoms with E-state index in [0.717, 1.165) is 6.07 Å². The molecule has 0 unspecified atom stereocenters. The molecule has 0 bridgehead atoms. The third-order valence-corrected chi connectivity index (χ3v) is 3.02. The van der Waals surface area contributed by atoms with Crippen molar-refractivity contribution in [2.75, 3.05) is 5.73 Å². The molecule has 0 aliphatic carbocycles. The maximum Gasteiger partial charge on any atom is 0.340 e. The first kappa shape index (κ1) is 14.3. The van der Waals surface area contributed by atoms with Crippen molar-refractivity contribution in [1.29, 1.82) is 0 Å². The zero-order valence-electron chi connectivity index (χ0n) is 9.61. The van der Waals surface area contributed by atoms with Gasteiger partial charge in [-0.25, -0.2) is 9.18 Å². The lowest BCUT2D eigenvalue weighted by Crippen LogP contribution is -2.24. The van der Waals surface area contributed by atoms with Gasteiger partial charge >= 0.3 is 5.97 Å². The molecule has 17 heavy (non-hydrogen) atoms. The van der Waals surface area contributed by atoms with Crippen molar-refractivity contribution in [3.8, 4) is 0 Å². The van der Waals surface area contributed by atoms with Gasteiger partial charge in [-0.1, -0.05) is 11.6 Å². The van der Waals surface area contributed by atoms with E-state index in [1.807, 2.05) is 0 Å². The van der Waals surface area contributed by atoms with Crippen molar-refractivity contribution in [2.45, 2.75) is 26.4 Å². The van der Waals surface area contributed by atoms with Crippen LogP contribution in [0.5, 0.6) is 0 Å². The summed E-state index contributed by atoms with van der Waals surface area (Å²) < 4.78 is 18.6. The fourth-order valence-corrected chi connectivity index (χ4v) is 1.76. The minimum absolute atomic E-state index is 0.0208. The molecule has 0 aliphatic rings. The van der Waals surface area contributed by atoms with Gasteiger partial charge in [0.25, 0.3) is 0 Å². The first-order valence-corrected chi connectivity index (χ1v) is 5.97. The summed E-state index contributed by atoms with van der Waals surface area (Å²) in [5.41, 5.74) is 4.77. The predicted octanol–water partition coefficient (Wildman–Crippen LogP) is 3.78. The highest BCUT2D eigenvalue weighted by molar-refractivity contribution is 9.10. The van der Waals surface area contributed by atoms with Crippen LogP contribution in [0.15, 0.2) is 10.5 Å². The van der Waals surface area contributed by atoms with Crippen molar-refractivity contribution in [3.05, 3.63) is 26.9 Å². The molecule has 0 saturated carbocycles. The summed E-state index contributed by atoms with van der Waals surface area (Å²) in [6, 6.07) is 0.997. The number of esters is 1. The zero-order chi connectivity index (χ0) is 13.4. The van der Waals surface area contributed by atoms with Crippen LogP contribution in [-0.2, 0) is 4.74 Å². The van der Waals surface area contributed by atoms with E-state index in [-0.39, 0.29) is 20.7 Å². The molecule has 1 aromatic carbocycles. The fraction of sp³-hybridized carbons (Fsp3) is 0.364. The van der Waals surface area contributed by atoms with Gasteiger partial charge in [-0.2, -0.15) is 0 Å². The second-order valence-electron chi connectivity index (χ2n) is 4.45. The first-order chi connectivity index (χ1) is 7.63. The Hall–Kier alpha value is -0.810. The van der Waals surface area contributed by atoms with Crippen LogP contribution in [0.1, 0.15) is 31.1 Å². The van der Waals surface area contributed by atoms with Crippen LogP contribution >= 0.6 is 27.5 Å². The molecule has 0 aromatic heterocycles. The lowest BCUT2D eigenvalue weighted by Gasteiger charge is -2.20. The number of ether oxygens (including phenoxy) is 1. The molecule has 6 heteroatoms. The number of benzene rings is 1. The van der Waals surface area contributed by atoms with E-state index in [1.54, 1.807) is 20.8 Å². The Labute approximate surface area is 112 Å². The summed E-state index contributed by atoms with van der Waals surface area (Å²) >= 11 is 8.81. The monoisotopic (exact) mass is 323 g/mol. The summed E-state index contributed by atoms with van der Waals surface area (Å²) in [5, 5.41) is -0.0208. The molecule has 0 saturated heterocycles. The van der Waals surface area contributed by atoms with Gasteiger partial charge in [-0.3, -0.25) is 0 Å². The van der Waals surface area contributed by atoms with Crippen molar-refractivity contribution in [2.24, 2.45) is 0 Å². The highest BCUT2D eigenvalue weighted by Crippen LogP contribution is 2.34. The van der Waals surface area contributed by atoms with Gasteiger partial charge in [-0.05, 0) is 42.8 Å². The van der Waals surface area contributed by atoms with Gasteiger partial charge in [-0.15, -0.1) is 0 Å². The van der Waals surface area contributed by atoms with Crippen LogP contribution in [0.2, 0.25) is 5.02 Å². The predicted molar refractivity (Wildman–Crippen MR) is 68.7 cm³/mol. The molecule has 3 nitrogen and oxygen atoms in total. The number of carbonyl (C=O) groups excluding carboxylic acids is 1. The molecular weight excluding hydrogens is 312 g/mol. The number of nitrogen functional groups attached to an aromatic ring is 1. The molecule has 0 heterocycles. The number of anilines is 1. The van der Waals surface area contributed by atoms with Crippen LogP contribution in [0, 0.1) is 5.82 Å². The Morgan fingerprint density at radius 2 is 2.06 bits per heavy atom. The molecule has 0 fully saturated rings. The van der Waals surface area contributed by atoms with Gasteiger partial charge < -0.3 is 10.5 Å². The van der Waals surface area contributed by atoms with E-state index in [9.17, 15) is 9.18 Å². The number of hydrogen-bond acceptors (Lipinski definition) is 3. The van der Waals surface area contributed by atoms with Crippen molar-refractivity contribution in [1.82, 2.24) is 0 Å². The van der Waals surface area contributed by atoms with Crippen LogP contribution in [-0.4, -0.2) is 11.6 Å². The number of halogens is 3. The molecule has 0 atom stereocenters. The first-order valence-electron chi connectivity index (χ1n) is 4.80. The standard InChI is InChI=1S/C11H12BrClFNO2/c1-11(2,3)17-10(16)5-4-6(14)7(12)9(15)8(5)13/h4H,15H2,1-3H3. The maximum absolute atomic E-state index is 13.4. The minimum atomic E-state index is -0.708. The second-order valence-corrected chi connectivity index (χ2v) is 5.62. The average Bonchev–Trinajstić information content (AvgIpc) is 2.17. The Kier molecular flexibility index (Phi) is 4.04. The minimum Gasteiger partial charge on any atom is -0.456 e. The third-order valence-electron chi connectivity index (χ3n) is 1.81. The van der Waals surface area contributed by atoms with Gasteiger partial charge in [0.1, 0.15) is 11.4 Å². The number of hydrogen-bond donors (Lipinski definition) is 1. The average molecular weight is 325 g/mol. The number of rotatable bonds is 1. The van der Waals surface area contributed by atoms with E-state index < -0.39 is 17.4 Å². The van der Waals surface area contributed by atoms with E-state index in [1.165, 1.54) is 0 Å². The molecule has 1 aromatic rings. The molecular formula is C11H12BrClFNO2. The van der Waals surface area contributed by atoms with Gasteiger partial charge in [0.15, 0.2) is 0 Å². The van der Waals surface area contributed by atoms with Crippen LogP contribution in [0.4, 0.5) is 10.1 Å². The van der Waals surface area contributed by atoms with E-state index >= 15 is 0 Å². The van der Waals surface area contributed by atoms with Gasteiger partial charge in [0, 0.05) is 0 Å². The molecule has 0 amide bonds. The van der Waals surface area contributed by atoms with Gasteiger partial charge in [0.05, 0.1) is 20.7 Å². The fourth-order valence-electron chi connectivity index (χ4n) is 1.11. The van der Waals surface area contributed by atoms with E-state index in [4.69, 9.17) is 22.1 Å². The smallest absolute Gasteiger partial charge is 0.340 e. The Morgan fingerprint density at radius 3 is 2.53 bits per heavy atom. The van der Waals surface area contributed by atoms with Gasteiger partial charge in [0.2, 0.25) is 0 Å². The summed E-state index contributed by atoms with van der Waals surface area (Å²) in [6.07, 6.45) is 0. The van der Waals surface area contributed by atoms with E-state index in [0.29, 0.717) is 0 Å². The molecule has 0 aliphatic heterocycles. The highest BCUT2D eigenvalue weighted by Gasteiger charge is 2.23. The van der Waals surface area contributed by atoms with E-state index in [2.05, 4.69) is 15.9 Å². The van der Waals surface area contributed by atoms with Crippen molar-refractivity contribution in [3.63, 3.8) is 0 Å². The normalized spacial score (nSPS) is 11.4. The molecule has 1 rings (SSSR count). The second kappa shape index (κ2) is 4.82. The lowest BCUT2D eigenvalue weighted by molar-refractivity contribution is 0.00693. The summed E-state index contributed by atoms with van der Waals surface area (Å²) in [6.45, 7) is 5.12. The van der Waals surface area contributed by atoms with Crippen LogP contribution in [0.3, 0.4) is 0 Å².